The Balaban J connectivity index is 1.73. The van der Waals surface area contributed by atoms with Crippen molar-refractivity contribution in [2.45, 2.75) is 26.9 Å². The number of benzene rings is 2. The SMILES string of the molecule is COc1ccc(CNC(=O)c2c(N)n(CC(C)C)c3nc4ccccc4nc23)cc1. The number of carbonyl (C=O) groups excluding carboxylic acids is 1. The summed E-state index contributed by atoms with van der Waals surface area (Å²) in [6.45, 7) is 5.23. The molecular formula is C23H25N5O2. The van der Waals surface area contributed by atoms with Gasteiger partial charge in [-0.25, -0.2) is 9.97 Å². The summed E-state index contributed by atoms with van der Waals surface area (Å²) in [5.74, 6) is 1.24. The summed E-state index contributed by atoms with van der Waals surface area (Å²) in [7, 11) is 1.62. The van der Waals surface area contributed by atoms with Gasteiger partial charge in [0, 0.05) is 13.1 Å². The number of ether oxygens (including phenoxy) is 1. The number of para-hydroxylation sites is 2. The lowest BCUT2D eigenvalue weighted by atomic mass is 10.2. The molecule has 0 bridgehead atoms. The van der Waals surface area contributed by atoms with Gasteiger partial charge >= 0.3 is 0 Å². The summed E-state index contributed by atoms with van der Waals surface area (Å²) in [5, 5.41) is 2.96. The van der Waals surface area contributed by atoms with Gasteiger partial charge < -0.3 is 20.4 Å². The smallest absolute Gasteiger partial charge is 0.257 e. The predicted molar refractivity (Wildman–Crippen MR) is 118 cm³/mol. The van der Waals surface area contributed by atoms with Gasteiger partial charge in [0.1, 0.15) is 22.6 Å². The monoisotopic (exact) mass is 403 g/mol. The van der Waals surface area contributed by atoms with Crippen molar-refractivity contribution in [3.05, 3.63) is 59.7 Å². The number of hydrogen-bond donors (Lipinski definition) is 2. The number of anilines is 1. The van der Waals surface area contributed by atoms with E-state index in [-0.39, 0.29) is 5.91 Å². The van der Waals surface area contributed by atoms with Crippen LogP contribution in [0.4, 0.5) is 5.82 Å². The van der Waals surface area contributed by atoms with Crippen LogP contribution in [0.25, 0.3) is 22.2 Å². The van der Waals surface area contributed by atoms with Gasteiger partial charge in [-0.3, -0.25) is 4.79 Å². The van der Waals surface area contributed by atoms with Gasteiger partial charge in [-0.1, -0.05) is 38.1 Å². The average molecular weight is 403 g/mol. The molecule has 2 aromatic heterocycles. The van der Waals surface area contributed by atoms with E-state index in [1.54, 1.807) is 7.11 Å². The Morgan fingerprint density at radius 1 is 1.10 bits per heavy atom. The number of aromatic nitrogens is 3. The molecule has 0 saturated heterocycles. The van der Waals surface area contributed by atoms with E-state index in [9.17, 15) is 4.79 Å². The molecule has 2 heterocycles. The summed E-state index contributed by atoms with van der Waals surface area (Å²) in [6, 6.07) is 15.2. The van der Waals surface area contributed by atoms with Gasteiger partial charge in [-0.15, -0.1) is 0 Å². The van der Waals surface area contributed by atoms with Gasteiger partial charge in [-0.2, -0.15) is 0 Å². The Bertz CT molecular complexity index is 1210. The Morgan fingerprint density at radius 3 is 2.40 bits per heavy atom. The number of hydrogen-bond acceptors (Lipinski definition) is 5. The zero-order valence-electron chi connectivity index (χ0n) is 17.3. The fourth-order valence-corrected chi connectivity index (χ4v) is 3.50. The van der Waals surface area contributed by atoms with Gasteiger partial charge in [0.15, 0.2) is 5.65 Å². The van der Waals surface area contributed by atoms with Crippen molar-refractivity contribution in [1.82, 2.24) is 19.9 Å². The number of nitrogens with two attached hydrogens (primary N) is 1. The summed E-state index contributed by atoms with van der Waals surface area (Å²) in [5.41, 5.74) is 10.4. The second-order valence-electron chi connectivity index (χ2n) is 7.68. The first kappa shape index (κ1) is 19.7. The molecule has 7 nitrogen and oxygen atoms in total. The zero-order valence-corrected chi connectivity index (χ0v) is 17.3. The molecule has 0 fully saturated rings. The van der Waals surface area contributed by atoms with Crippen LogP contribution in [0.1, 0.15) is 29.8 Å². The molecule has 1 amide bonds. The molecule has 2 aromatic carbocycles. The predicted octanol–water partition coefficient (Wildman–Crippen LogP) is 3.76. The fraction of sp³-hybridized carbons (Fsp3) is 0.261. The van der Waals surface area contributed by atoms with Gasteiger partial charge in [0.2, 0.25) is 0 Å². The van der Waals surface area contributed by atoms with Crippen molar-refractivity contribution in [3.63, 3.8) is 0 Å². The van der Waals surface area contributed by atoms with Crippen LogP contribution in [0.3, 0.4) is 0 Å². The molecule has 0 spiro atoms. The maximum absolute atomic E-state index is 13.1. The van der Waals surface area contributed by atoms with Gasteiger partial charge in [-0.05, 0) is 35.7 Å². The number of carbonyl (C=O) groups is 1. The summed E-state index contributed by atoms with van der Waals surface area (Å²) in [4.78, 5) is 22.6. The third-order valence-electron chi connectivity index (χ3n) is 4.98. The van der Waals surface area contributed by atoms with Crippen molar-refractivity contribution >= 4 is 33.9 Å². The van der Waals surface area contributed by atoms with E-state index >= 15 is 0 Å². The van der Waals surface area contributed by atoms with E-state index in [0.29, 0.717) is 41.6 Å². The maximum atomic E-state index is 13.1. The second kappa shape index (κ2) is 8.02. The molecule has 0 unspecified atom stereocenters. The van der Waals surface area contributed by atoms with Crippen LogP contribution in [0, 0.1) is 5.92 Å². The van der Waals surface area contributed by atoms with Gasteiger partial charge in [0.05, 0.1) is 18.1 Å². The van der Waals surface area contributed by atoms with Crippen molar-refractivity contribution in [3.8, 4) is 5.75 Å². The largest absolute Gasteiger partial charge is 0.497 e. The number of nitrogens with one attached hydrogen (secondary N) is 1. The zero-order chi connectivity index (χ0) is 21.3. The molecule has 0 radical (unpaired) electrons. The van der Waals surface area contributed by atoms with Crippen LogP contribution in [-0.2, 0) is 13.1 Å². The van der Waals surface area contributed by atoms with Crippen molar-refractivity contribution in [1.29, 1.82) is 0 Å². The molecule has 0 aliphatic carbocycles. The van der Waals surface area contributed by atoms with Crippen LogP contribution in [0.15, 0.2) is 48.5 Å². The molecule has 4 rings (SSSR count). The molecule has 0 aliphatic heterocycles. The summed E-state index contributed by atoms with van der Waals surface area (Å²) >= 11 is 0. The highest BCUT2D eigenvalue weighted by Crippen LogP contribution is 2.28. The topological polar surface area (TPSA) is 95.1 Å². The lowest BCUT2D eigenvalue weighted by molar-refractivity contribution is 0.0953. The van der Waals surface area contributed by atoms with Crippen LogP contribution in [0.5, 0.6) is 5.75 Å². The first-order chi connectivity index (χ1) is 14.5. The van der Waals surface area contributed by atoms with Crippen LogP contribution in [0.2, 0.25) is 0 Å². The quantitative estimate of drug-likeness (QED) is 0.511. The summed E-state index contributed by atoms with van der Waals surface area (Å²) < 4.78 is 7.07. The molecule has 0 aliphatic rings. The number of methoxy groups -OCH3 is 1. The minimum Gasteiger partial charge on any atom is -0.497 e. The number of amides is 1. The van der Waals surface area contributed by atoms with E-state index in [1.807, 2.05) is 53.1 Å². The summed E-state index contributed by atoms with van der Waals surface area (Å²) in [6.07, 6.45) is 0. The second-order valence-corrected chi connectivity index (χ2v) is 7.68. The molecule has 0 atom stereocenters. The molecule has 7 heteroatoms. The molecular weight excluding hydrogens is 378 g/mol. The highest BCUT2D eigenvalue weighted by molar-refractivity contribution is 6.10. The number of nitrogen functional groups attached to an aromatic ring is 1. The first-order valence-corrected chi connectivity index (χ1v) is 9.93. The number of rotatable bonds is 6. The van der Waals surface area contributed by atoms with Crippen LogP contribution < -0.4 is 15.8 Å². The van der Waals surface area contributed by atoms with E-state index in [4.69, 9.17) is 20.4 Å². The average Bonchev–Trinajstić information content (AvgIpc) is 3.01. The van der Waals surface area contributed by atoms with Crippen molar-refractivity contribution in [2.24, 2.45) is 5.92 Å². The minimum atomic E-state index is -0.264. The highest BCUT2D eigenvalue weighted by atomic mass is 16.5. The maximum Gasteiger partial charge on any atom is 0.257 e. The molecule has 30 heavy (non-hydrogen) atoms. The first-order valence-electron chi connectivity index (χ1n) is 9.93. The molecule has 4 aromatic rings. The Labute approximate surface area is 174 Å². The molecule has 154 valence electrons. The standard InChI is InChI=1S/C23H25N5O2/c1-14(2)13-28-21(24)19(20-22(28)27-18-7-5-4-6-17(18)26-20)23(29)25-12-15-8-10-16(30-3)11-9-15/h4-11,14H,12-13,24H2,1-3H3,(H,25,29). The van der Waals surface area contributed by atoms with Gasteiger partial charge in [0.25, 0.3) is 5.91 Å². The number of fused-ring (bicyclic) bond motifs is 2. The lowest BCUT2D eigenvalue weighted by Gasteiger charge is -2.10. The molecule has 0 saturated carbocycles. The Kier molecular flexibility index (Phi) is 5.27. The van der Waals surface area contributed by atoms with Crippen molar-refractivity contribution < 1.29 is 9.53 Å². The van der Waals surface area contributed by atoms with Crippen LogP contribution >= 0.6 is 0 Å². The van der Waals surface area contributed by atoms with E-state index < -0.39 is 0 Å². The van der Waals surface area contributed by atoms with E-state index in [0.717, 1.165) is 22.3 Å². The highest BCUT2D eigenvalue weighted by Gasteiger charge is 2.24. The van der Waals surface area contributed by atoms with E-state index in [1.165, 1.54) is 0 Å². The third kappa shape index (κ3) is 3.66. The normalized spacial score (nSPS) is 11.3. The lowest BCUT2D eigenvalue weighted by Crippen LogP contribution is -2.24. The Morgan fingerprint density at radius 2 is 1.77 bits per heavy atom. The molecule has 3 N–H and O–H groups in total. The fourth-order valence-electron chi connectivity index (χ4n) is 3.50. The minimum absolute atomic E-state index is 0.264. The van der Waals surface area contributed by atoms with E-state index in [2.05, 4.69) is 19.2 Å². The van der Waals surface area contributed by atoms with Crippen molar-refractivity contribution in [2.75, 3.05) is 12.8 Å². The third-order valence-corrected chi connectivity index (χ3v) is 4.98. The Hall–Kier alpha value is -3.61. The number of nitrogens with zero attached hydrogens (tertiary/aromatic N) is 3. The van der Waals surface area contributed by atoms with Crippen LogP contribution in [-0.4, -0.2) is 27.6 Å².